The highest BCUT2D eigenvalue weighted by Gasteiger charge is 2.14. The molecule has 18 heavy (non-hydrogen) atoms. The molecule has 1 heterocycles. The summed E-state index contributed by atoms with van der Waals surface area (Å²) >= 11 is 1.22. The summed E-state index contributed by atoms with van der Waals surface area (Å²) < 4.78 is 9.79. The Kier molecular flexibility index (Phi) is 4.09. The van der Waals surface area contributed by atoms with Crippen molar-refractivity contribution in [2.45, 2.75) is 0 Å². The monoisotopic (exact) mass is 262 g/mol. The number of rotatable bonds is 4. The van der Waals surface area contributed by atoms with E-state index in [0.717, 1.165) is 0 Å². The molecule has 92 valence electrons. The molecule has 1 aromatic carbocycles. The summed E-state index contributed by atoms with van der Waals surface area (Å²) in [7, 11) is 0. The molecule has 0 spiro atoms. The van der Waals surface area contributed by atoms with E-state index in [9.17, 15) is 9.59 Å². The second-order valence-electron chi connectivity index (χ2n) is 3.34. The van der Waals surface area contributed by atoms with Crippen molar-refractivity contribution >= 4 is 23.3 Å². The highest BCUT2D eigenvalue weighted by atomic mass is 32.1. The fourth-order valence-corrected chi connectivity index (χ4v) is 1.84. The van der Waals surface area contributed by atoms with Gasteiger partial charge in [-0.1, -0.05) is 24.3 Å². The standard InChI is InChI=1S/C13H10O4S/c14-12(9-16-10-5-2-1-3-6-10)17-13(15)11-7-4-8-18-11/h1-8H,9H2. The number of carbonyl (C=O) groups is 2. The Bertz CT molecular complexity index is 519. The number of ether oxygens (including phenoxy) is 2. The molecular weight excluding hydrogens is 252 g/mol. The predicted octanol–water partition coefficient (Wildman–Crippen LogP) is 2.51. The minimum atomic E-state index is -0.711. The van der Waals surface area contributed by atoms with Crippen molar-refractivity contribution in [3.63, 3.8) is 0 Å². The van der Waals surface area contributed by atoms with Gasteiger partial charge in [0, 0.05) is 0 Å². The van der Waals surface area contributed by atoms with Crippen molar-refractivity contribution in [1.29, 1.82) is 0 Å². The minimum absolute atomic E-state index is 0.291. The van der Waals surface area contributed by atoms with Crippen LogP contribution in [0.15, 0.2) is 47.8 Å². The van der Waals surface area contributed by atoms with Crippen molar-refractivity contribution in [2.75, 3.05) is 6.61 Å². The van der Waals surface area contributed by atoms with E-state index in [1.165, 1.54) is 11.3 Å². The molecule has 0 atom stereocenters. The average Bonchev–Trinajstić information content (AvgIpc) is 2.91. The molecule has 0 saturated carbocycles. The Morgan fingerprint density at radius 3 is 2.50 bits per heavy atom. The molecule has 0 radical (unpaired) electrons. The first-order valence-electron chi connectivity index (χ1n) is 5.22. The molecule has 5 heteroatoms. The lowest BCUT2D eigenvalue weighted by Crippen LogP contribution is -2.18. The first-order valence-corrected chi connectivity index (χ1v) is 6.10. The SMILES string of the molecule is O=C(COc1ccccc1)OC(=O)c1cccs1. The number of hydrogen-bond donors (Lipinski definition) is 0. The topological polar surface area (TPSA) is 52.6 Å². The highest BCUT2D eigenvalue weighted by Crippen LogP contribution is 2.11. The third-order valence-corrected chi connectivity index (χ3v) is 2.88. The van der Waals surface area contributed by atoms with Gasteiger partial charge in [-0.05, 0) is 23.6 Å². The molecule has 0 saturated heterocycles. The van der Waals surface area contributed by atoms with E-state index in [-0.39, 0.29) is 6.61 Å². The first-order chi connectivity index (χ1) is 8.75. The van der Waals surface area contributed by atoms with Crippen LogP contribution in [0.25, 0.3) is 0 Å². The molecule has 0 aliphatic rings. The Labute approximate surface area is 108 Å². The van der Waals surface area contributed by atoms with Crippen LogP contribution in [0.3, 0.4) is 0 Å². The minimum Gasteiger partial charge on any atom is -0.482 e. The predicted molar refractivity (Wildman–Crippen MR) is 66.7 cm³/mol. The van der Waals surface area contributed by atoms with Crippen molar-refractivity contribution in [2.24, 2.45) is 0 Å². The summed E-state index contributed by atoms with van der Waals surface area (Å²) in [4.78, 5) is 23.2. The van der Waals surface area contributed by atoms with Crippen molar-refractivity contribution in [3.05, 3.63) is 52.7 Å². The lowest BCUT2D eigenvalue weighted by Gasteiger charge is -2.04. The van der Waals surface area contributed by atoms with Crippen LogP contribution >= 0.6 is 11.3 Å². The number of carbonyl (C=O) groups excluding carboxylic acids is 2. The van der Waals surface area contributed by atoms with Gasteiger partial charge in [0.05, 0.1) is 0 Å². The van der Waals surface area contributed by atoms with Gasteiger partial charge in [-0.25, -0.2) is 9.59 Å². The van der Waals surface area contributed by atoms with Crippen LogP contribution in [-0.2, 0) is 9.53 Å². The van der Waals surface area contributed by atoms with Crippen LogP contribution in [-0.4, -0.2) is 18.5 Å². The number of benzene rings is 1. The zero-order valence-corrected chi connectivity index (χ0v) is 10.2. The average molecular weight is 262 g/mol. The van der Waals surface area contributed by atoms with Gasteiger partial charge in [0.25, 0.3) is 0 Å². The van der Waals surface area contributed by atoms with Crippen molar-refractivity contribution < 1.29 is 19.1 Å². The number of hydrogen-bond acceptors (Lipinski definition) is 5. The van der Waals surface area contributed by atoms with Gasteiger partial charge in [0.2, 0.25) is 0 Å². The van der Waals surface area contributed by atoms with Crippen LogP contribution < -0.4 is 4.74 Å². The van der Waals surface area contributed by atoms with E-state index in [1.807, 2.05) is 6.07 Å². The second-order valence-corrected chi connectivity index (χ2v) is 4.29. The summed E-state index contributed by atoms with van der Waals surface area (Å²) in [6, 6.07) is 12.2. The largest absolute Gasteiger partial charge is 0.482 e. The number of esters is 2. The van der Waals surface area contributed by atoms with Gasteiger partial charge in [-0.15, -0.1) is 11.3 Å². The zero-order valence-electron chi connectivity index (χ0n) is 9.37. The number of para-hydroxylation sites is 1. The van der Waals surface area contributed by atoms with Gasteiger partial charge in [0.1, 0.15) is 10.6 Å². The third kappa shape index (κ3) is 3.43. The molecule has 0 N–H and O–H groups in total. The summed E-state index contributed by atoms with van der Waals surface area (Å²) in [6.45, 7) is -0.291. The molecule has 2 rings (SSSR count). The first kappa shape index (κ1) is 12.3. The van der Waals surface area contributed by atoms with Crippen LogP contribution in [0.4, 0.5) is 0 Å². The molecule has 0 bridgehead atoms. The maximum atomic E-state index is 11.4. The molecule has 0 aliphatic heterocycles. The maximum Gasteiger partial charge on any atom is 0.356 e. The van der Waals surface area contributed by atoms with Crippen molar-refractivity contribution in [3.8, 4) is 5.75 Å². The summed E-state index contributed by atoms with van der Waals surface area (Å²) in [6.07, 6.45) is 0. The fourth-order valence-electron chi connectivity index (χ4n) is 1.24. The van der Waals surface area contributed by atoms with E-state index in [0.29, 0.717) is 10.6 Å². The van der Waals surface area contributed by atoms with Gasteiger partial charge < -0.3 is 9.47 Å². The summed E-state index contributed by atoms with van der Waals surface area (Å²) in [5.41, 5.74) is 0. The van der Waals surface area contributed by atoms with Gasteiger partial charge in [-0.2, -0.15) is 0 Å². The van der Waals surface area contributed by atoms with Crippen molar-refractivity contribution in [1.82, 2.24) is 0 Å². The lowest BCUT2D eigenvalue weighted by molar-refractivity contribution is -0.140. The van der Waals surface area contributed by atoms with E-state index in [1.54, 1.807) is 41.8 Å². The summed E-state index contributed by atoms with van der Waals surface area (Å²) in [5.74, 6) is -0.804. The third-order valence-electron chi connectivity index (χ3n) is 2.03. The Morgan fingerprint density at radius 2 is 1.83 bits per heavy atom. The van der Waals surface area contributed by atoms with Gasteiger partial charge in [-0.3, -0.25) is 0 Å². The molecule has 0 amide bonds. The smallest absolute Gasteiger partial charge is 0.356 e. The molecule has 0 aliphatic carbocycles. The normalized spacial score (nSPS) is 9.78. The lowest BCUT2D eigenvalue weighted by atomic mass is 10.3. The van der Waals surface area contributed by atoms with E-state index in [2.05, 4.69) is 4.74 Å². The van der Waals surface area contributed by atoms with E-state index >= 15 is 0 Å². The fraction of sp³-hybridized carbons (Fsp3) is 0.0769. The van der Waals surface area contributed by atoms with Crippen LogP contribution in [0.5, 0.6) is 5.75 Å². The van der Waals surface area contributed by atoms with Crippen LogP contribution in [0.2, 0.25) is 0 Å². The van der Waals surface area contributed by atoms with Gasteiger partial charge >= 0.3 is 11.9 Å². The molecule has 2 aromatic rings. The quantitative estimate of drug-likeness (QED) is 0.627. The Morgan fingerprint density at radius 1 is 1.06 bits per heavy atom. The number of thiophene rings is 1. The van der Waals surface area contributed by atoms with Gasteiger partial charge in [0.15, 0.2) is 6.61 Å². The maximum absolute atomic E-state index is 11.4. The second kappa shape index (κ2) is 5.97. The molecule has 0 unspecified atom stereocenters. The Hall–Kier alpha value is -2.14. The molecule has 0 fully saturated rings. The highest BCUT2D eigenvalue weighted by molar-refractivity contribution is 7.12. The molecular formula is C13H10O4S. The van der Waals surface area contributed by atoms with E-state index < -0.39 is 11.9 Å². The van der Waals surface area contributed by atoms with Crippen LogP contribution in [0.1, 0.15) is 9.67 Å². The van der Waals surface area contributed by atoms with E-state index in [4.69, 9.17) is 4.74 Å². The molecule has 4 nitrogen and oxygen atoms in total. The molecule has 1 aromatic heterocycles. The van der Waals surface area contributed by atoms with Crippen LogP contribution in [0, 0.1) is 0 Å². The summed E-state index contributed by atoms with van der Waals surface area (Å²) in [5, 5.41) is 1.74. The zero-order chi connectivity index (χ0) is 12.8. The Balaban J connectivity index is 1.81.